The molecule has 0 atom stereocenters. The Morgan fingerprint density at radius 3 is 2.50 bits per heavy atom. The summed E-state index contributed by atoms with van der Waals surface area (Å²) < 4.78 is 13.9. The van der Waals surface area contributed by atoms with Crippen molar-refractivity contribution in [3.8, 4) is 0 Å². The van der Waals surface area contributed by atoms with Gasteiger partial charge in [-0.3, -0.25) is 0 Å². The van der Waals surface area contributed by atoms with E-state index in [2.05, 4.69) is 17.4 Å². The molecule has 1 aliphatic rings. The molecule has 0 unspecified atom stereocenters. The first-order valence-corrected chi connectivity index (χ1v) is 6.17. The summed E-state index contributed by atoms with van der Waals surface area (Å²) in [5, 5.41) is 3.36. The maximum atomic E-state index is 13.9. The van der Waals surface area contributed by atoms with Gasteiger partial charge in [0, 0.05) is 25.3 Å². The van der Waals surface area contributed by atoms with E-state index in [-0.39, 0.29) is 5.82 Å². The van der Waals surface area contributed by atoms with E-state index in [4.69, 9.17) is 0 Å². The average molecular weight is 242 g/mol. The zero-order valence-electron chi connectivity index (χ0n) is 10.1. The molecular weight excluding hydrogens is 227 g/mol. The van der Waals surface area contributed by atoms with Crippen molar-refractivity contribution in [2.75, 3.05) is 18.0 Å². The number of nitrogens with one attached hydrogen (secondary N) is 1. The van der Waals surface area contributed by atoms with Crippen LogP contribution in [0.15, 0.2) is 48.5 Å². The molecule has 0 spiro atoms. The summed E-state index contributed by atoms with van der Waals surface area (Å²) in [6.07, 6.45) is 0. The van der Waals surface area contributed by atoms with Gasteiger partial charge in [-0.05, 0) is 23.8 Å². The third kappa shape index (κ3) is 1.97. The maximum absolute atomic E-state index is 13.9. The molecule has 0 amide bonds. The zero-order valence-corrected chi connectivity index (χ0v) is 10.1. The smallest absolute Gasteiger partial charge is 0.146 e. The van der Waals surface area contributed by atoms with Gasteiger partial charge in [0.05, 0.1) is 5.69 Å². The largest absolute Gasteiger partial charge is 0.338 e. The quantitative estimate of drug-likeness (QED) is 0.826. The highest BCUT2D eigenvalue weighted by atomic mass is 19.1. The summed E-state index contributed by atoms with van der Waals surface area (Å²) in [5.41, 5.74) is 2.94. The average Bonchev–Trinajstić information content (AvgIpc) is 2.62. The summed E-state index contributed by atoms with van der Waals surface area (Å²) in [4.78, 5) is 2.05. The van der Waals surface area contributed by atoms with Gasteiger partial charge in [0.15, 0.2) is 0 Å². The molecule has 2 aromatic carbocycles. The van der Waals surface area contributed by atoms with Crippen LogP contribution in [0.5, 0.6) is 0 Å². The first kappa shape index (κ1) is 11.2. The lowest BCUT2D eigenvalue weighted by Gasteiger charge is -2.25. The fourth-order valence-corrected chi connectivity index (χ4v) is 2.38. The second-order valence-corrected chi connectivity index (χ2v) is 4.41. The Hall–Kier alpha value is -1.87. The summed E-state index contributed by atoms with van der Waals surface area (Å²) in [6, 6.07) is 15.1. The molecular formula is C15H15FN2. The topological polar surface area (TPSA) is 15.3 Å². The van der Waals surface area contributed by atoms with Crippen LogP contribution in [0.25, 0.3) is 0 Å². The van der Waals surface area contributed by atoms with Crippen LogP contribution in [0, 0.1) is 5.82 Å². The minimum Gasteiger partial charge on any atom is -0.338 e. The van der Waals surface area contributed by atoms with Gasteiger partial charge in [-0.15, -0.1) is 0 Å². The Kier molecular flexibility index (Phi) is 2.99. The highest BCUT2D eigenvalue weighted by Gasteiger charge is 2.18. The normalized spacial score (nSPS) is 15.1. The fourth-order valence-electron chi connectivity index (χ4n) is 2.38. The van der Waals surface area contributed by atoms with Crippen LogP contribution < -0.4 is 10.2 Å². The molecule has 2 aromatic rings. The highest BCUT2D eigenvalue weighted by Crippen LogP contribution is 2.31. The van der Waals surface area contributed by atoms with E-state index in [0.717, 1.165) is 25.3 Å². The molecule has 1 heterocycles. The van der Waals surface area contributed by atoms with Crippen molar-refractivity contribution in [1.82, 2.24) is 5.32 Å². The van der Waals surface area contributed by atoms with Crippen molar-refractivity contribution in [2.45, 2.75) is 6.54 Å². The molecule has 92 valence electrons. The Morgan fingerprint density at radius 2 is 1.67 bits per heavy atom. The van der Waals surface area contributed by atoms with Crippen LogP contribution in [-0.2, 0) is 6.54 Å². The van der Waals surface area contributed by atoms with Crippen molar-refractivity contribution < 1.29 is 4.39 Å². The molecule has 2 nitrogen and oxygen atoms in total. The lowest BCUT2D eigenvalue weighted by molar-refractivity contribution is 0.623. The number of fused-ring (bicyclic) bond motifs is 1. The second kappa shape index (κ2) is 4.78. The molecule has 0 saturated heterocycles. The molecule has 1 aliphatic heterocycles. The van der Waals surface area contributed by atoms with Crippen molar-refractivity contribution in [3.05, 3.63) is 59.9 Å². The Bertz CT molecular complexity index is 554. The Morgan fingerprint density at radius 1 is 0.944 bits per heavy atom. The first-order valence-electron chi connectivity index (χ1n) is 6.17. The number of para-hydroxylation sites is 2. The van der Waals surface area contributed by atoms with Crippen LogP contribution in [0.2, 0.25) is 0 Å². The van der Waals surface area contributed by atoms with Gasteiger partial charge in [-0.25, -0.2) is 4.39 Å². The Labute approximate surface area is 106 Å². The van der Waals surface area contributed by atoms with E-state index in [1.165, 1.54) is 11.6 Å². The number of rotatable bonds is 1. The monoisotopic (exact) mass is 242 g/mol. The standard InChI is InChI=1S/C15H15FN2/c16-13-6-2-4-8-15(13)18-10-9-17-11-12-5-1-3-7-14(12)18/h1-8,17H,9-11H2. The number of hydrogen-bond donors (Lipinski definition) is 1. The van der Waals surface area contributed by atoms with Gasteiger partial charge in [0.25, 0.3) is 0 Å². The molecule has 1 N–H and O–H groups in total. The summed E-state index contributed by atoms with van der Waals surface area (Å²) in [6.45, 7) is 2.46. The van der Waals surface area contributed by atoms with E-state index >= 15 is 0 Å². The predicted molar refractivity (Wildman–Crippen MR) is 71.6 cm³/mol. The van der Waals surface area contributed by atoms with E-state index in [1.807, 2.05) is 29.2 Å². The van der Waals surface area contributed by atoms with Crippen LogP contribution in [0.3, 0.4) is 0 Å². The van der Waals surface area contributed by atoms with Crippen molar-refractivity contribution in [2.24, 2.45) is 0 Å². The second-order valence-electron chi connectivity index (χ2n) is 4.41. The van der Waals surface area contributed by atoms with Gasteiger partial charge < -0.3 is 10.2 Å². The first-order chi connectivity index (χ1) is 8.86. The van der Waals surface area contributed by atoms with Crippen molar-refractivity contribution in [3.63, 3.8) is 0 Å². The van der Waals surface area contributed by atoms with E-state index in [1.54, 1.807) is 6.07 Å². The predicted octanol–water partition coefficient (Wildman–Crippen LogP) is 3.07. The number of hydrogen-bond acceptors (Lipinski definition) is 2. The van der Waals surface area contributed by atoms with Crippen LogP contribution in [0.4, 0.5) is 15.8 Å². The van der Waals surface area contributed by atoms with Gasteiger partial charge in [0.2, 0.25) is 0 Å². The molecule has 0 saturated carbocycles. The number of nitrogens with zero attached hydrogens (tertiary/aromatic N) is 1. The van der Waals surface area contributed by atoms with Crippen molar-refractivity contribution >= 4 is 11.4 Å². The highest BCUT2D eigenvalue weighted by molar-refractivity contribution is 5.67. The summed E-state index contributed by atoms with van der Waals surface area (Å²) >= 11 is 0. The Balaban J connectivity index is 2.10. The minimum absolute atomic E-state index is 0.172. The van der Waals surface area contributed by atoms with Gasteiger partial charge >= 0.3 is 0 Å². The minimum atomic E-state index is -0.172. The molecule has 18 heavy (non-hydrogen) atoms. The summed E-state index contributed by atoms with van der Waals surface area (Å²) in [5.74, 6) is -0.172. The SMILES string of the molecule is Fc1ccccc1N1CCNCc2ccccc21. The lowest BCUT2D eigenvalue weighted by Crippen LogP contribution is -2.25. The molecule has 0 bridgehead atoms. The van der Waals surface area contributed by atoms with Crippen LogP contribution in [-0.4, -0.2) is 13.1 Å². The number of halogens is 1. The number of anilines is 2. The van der Waals surface area contributed by atoms with Crippen molar-refractivity contribution in [1.29, 1.82) is 0 Å². The van der Waals surface area contributed by atoms with Crippen LogP contribution >= 0.6 is 0 Å². The number of benzene rings is 2. The molecule has 3 rings (SSSR count). The molecule has 3 heteroatoms. The third-order valence-corrected chi connectivity index (χ3v) is 3.25. The molecule has 0 aromatic heterocycles. The summed E-state index contributed by atoms with van der Waals surface area (Å²) in [7, 11) is 0. The third-order valence-electron chi connectivity index (χ3n) is 3.25. The molecule has 0 aliphatic carbocycles. The van der Waals surface area contributed by atoms with E-state index in [9.17, 15) is 4.39 Å². The zero-order chi connectivity index (χ0) is 12.4. The van der Waals surface area contributed by atoms with Gasteiger partial charge in [-0.1, -0.05) is 30.3 Å². The van der Waals surface area contributed by atoms with E-state index in [0.29, 0.717) is 5.69 Å². The molecule has 0 radical (unpaired) electrons. The lowest BCUT2D eigenvalue weighted by atomic mass is 10.1. The maximum Gasteiger partial charge on any atom is 0.146 e. The fraction of sp³-hybridized carbons (Fsp3) is 0.200. The van der Waals surface area contributed by atoms with Gasteiger partial charge in [-0.2, -0.15) is 0 Å². The molecule has 0 fully saturated rings. The van der Waals surface area contributed by atoms with Crippen LogP contribution in [0.1, 0.15) is 5.56 Å². The van der Waals surface area contributed by atoms with E-state index < -0.39 is 0 Å². The van der Waals surface area contributed by atoms with Gasteiger partial charge in [0.1, 0.15) is 5.82 Å².